The third-order valence-electron chi connectivity index (χ3n) is 2.75. The van der Waals surface area contributed by atoms with Crippen molar-refractivity contribution < 1.29 is 29.5 Å². The number of nitrogens with zero attached hydrogens (tertiary/aromatic N) is 2. The molecule has 1 aromatic carbocycles. The number of hydrogen-bond donors (Lipinski definition) is 2. The Hall–Kier alpha value is -2.14. The van der Waals surface area contributed by atoms with Crippen molar-refractivity contribution in [2.24, 2.45) is 0 Å². The molecule has 10 nitrogen and oxygen atoms in total. The number of rotatable bonds is 10. The number of aliphatic hydroxyl groups excluding tert-OH is 2. The second-order valence-corrected chi connectivity index (χ2v) is 4.27. The van der Waals surface area contributed by atoms with Crippen molar-refractivity contribution in [3.8, 4) is 0 Å². The molecule has 0 heterocycles. The number of hydrogen-bond acceptors (Lipinski definition) is 8. The Bertz CT molecular complexity index is 481. The van der Waals surface area contributed by atoms with E-state index in [1.54, 1.807) is 30.3 Å². The molecule has 0 aliphatic rings. The van der Waals surface area contributed by atoms with E-state index in [9.17, 15) is 25.3 Å². The highest BCUT2D eigenvalue weighted by Gasteiger charge is 2.59. The standard InChI is InChI=1S/C12H16N2O8/c15-6-7-22-12(13(17)18,14(19)20)9-21-8-11(16)10-4-2-1-3-5-10/h1-5,11,15-16H,6-9H2. The average molecular weight is 316 g/mol. The van der Waals surface area contributed by atoms with Crippen molar-refractivity contribution in [1.82, 2.24) is 0 Å². The van der Waals surface area contributed by atoms with Crippen LogP contribution in [0.2, 0.25) is 0 Å². The van der Waals surface area contributed by atoms with Gasteiger partial charge in [-0.1, -0.05) is 30.3 Å². The van der Waals surface area contributed by atoms with Crippen LogP contribution in [0.25, 0.3) is 0 Å². The summed E-state index contributed by atoms with van der Waals surface area (Å²) < 4.78 is 9.43. The molecule has 2 N–H and O–H groups in total. The highest BCUT2D eigenvalue weighted by Crippen LogP contribution is 2.17. The van der Waals surface area contributed by atoms with E-state index in [2.05, 4.69) is 4.74 Å². The van der Waals surface area contributed by atoms with E-state index in [-0.39, 0.29) is 6.61 Å². The lowest BCUT2D eigenvalue weighted by Crippen LogP contribution is -2.53. The first kappa shape index (κ1) is 17.9. The molecular weight excluding hydrogens is 300 g/mol. The monoisotopic (exact) mass is 316 g/mol. The molecule has 0 aliphatic heterocycles. The van der Waals surface area contributed by atoms with Gasteiger partial charge in [0.25, 0.3) is 0 Å². The van der Waals surface area contributed by atoms with E-state index < -0.39 is 41.6 Å². The molecule has 0 radical (unpaired) electrons. The SMILES string of the molecule is O=[N+]([O-])C(COCC(O)c1ccccc1)(OCCO)[N+](=O)[O-]. The van der Waals surface area contributed by atoms with Gasteiger partial charge in [-0.15, -0.1) is 0 Å². The minimum absolute atomic E-state index is 0.379. The first-order chi connectivity index (χ1) is 10.4. The molecule has 22 heavy (non-hydrogen) atoms. The van der Waals surface area contributed by atoms with Gasteiger partial charge in [0.2, 0.25) is 6.61 Å². The Morgan fingerprint density at radius 3 is 2.27 bits per heavy atom. The Balaban J connectivity index is 2.67. The van der Waals surface area contributed by atoms with Crippen molar-refractivity contribution in [2.45, 2.75) is 12.0 Å². The number of benzene rings is 1. The van der Waals surface area contributed by atoms with Crippen molar-refractivity contribution in [3.05, 3.63) is 56.1 Å². The van der Waals surface area contributed by atoms with Crippen molar-refractivity contribution in [1.29, 1.82) is 0 Å². The first-order valence-corrected chi connectivity index (χ1v) is 6.28. The zero-order valence-corrected chi connectivity index (χ0v) is 11.5. The topological polar surface area (TPSA) is 145 Å². The van der Waals surface area contributed by atoms with Crippen molar-refractivity contribution >= 4 is 0 Å². The van der Waals surface area contributed by atoms with Crippen LogP contribution in [0.15, 0.2) is 30.3 Å². The van der Waals surface area contributed by atoms with Crippen LogP contribution < -0.4 is 0 Å². The molecule has 0 aromatic heterocycles. The van der Waals surface area contributed by atoms with E-state index in [1.807, 2.05) is 0 Å². The van der Waals surface area contributed by atoms with E-state index in [0.29, 0.717) is 5.56 Å². The summed E-state index contributed by atoms with van der Waals surface area (Å²) >= 11 is 0. The van der Waals surface area contributed by atoms with E-state index in [1.165, 1.54) is 0 Å². The Morgan fingerprint density at radius 1 is 1.18 bits per heavy atom. The third-order valence-corrected chi connectivity index (χ3v) is 2.75. The van der Waals surface area contributed by atoms with Crippen LogP contribution in [0, 0.1) is 20.2 Å². The van der Waals surface area contributed by atoms with Crippen LogP contribution in [0.5, 0.6) is 0 Å². The average Bonchev–Trinajstić information content (AvgIpc) is 2.50. The minimum Gasteiger partial charge on any atom is -0.394 e. The molecule has 0 bridgehead atoms. The highest BCUT2D eigenvalue weighted by atomic mass is 16.8. The molecule has 0 fully saturated rings. The summed E-state index contributed by atoms with van der Waals surface area (Å²) in [7, 11) is 0. The van der Waals surface area contributed by atoms with Gasteiger partial charge in [0.05, 0.1) is 19.8 Å². The van der Waals surface area contributed by atoms with Crippen LogP contribution in [0.1, 0.15) is 11.7 Å². The van der Waals surface area contributed by atoms with Gasteiger partial charge < -0.3 is 14.9 Å². The zero-order chi connectivity index (χ0) is 16.6. The van der Waals surface area contributed by atoms with Crippen molar-refractivity contribution in [2.75, 3.05) is 26.4 Å². The fourth-order valence-electron chi connectivity index (χ4n) is 1.60. The molecule has 0 saturated carbocycles. The van der Waals surface area contributed by atoms with Crippen LogP contribution in [0.3, 0.4) is 0 Å². The quantitative estimate of drug-likeness (QED) is 0.347. The summed E-state index contributed by atoms with van der Waals surface area (Å²) in [4.78, 5) is 19.4. The molecule has 0 saturated heterocycles. The molecule has 1 atom stereocenters. The van der Waals surface area contributed by atoms with Gasteiger partial charge in [0.1, 0.15) is 16.0 Å². The summed E-state index contributed by atoms with van der Waals surface area (Å²) in [5.74, 6) is -3.01. The molecule has 0 aliphatic carbocycles. The summed E-state index contributed by atoms with van der Waals surface area (Å²) in [6.07, 6.45) is -1.09. The maximum absolute atomic E-state index is 10.9. The normalized spacial score (nSPS) is 12.8. The molecule has 0 amide bonds. The highest BCUT2D eigenvalue weighted by molar-refractivity contribution is 5.17. The molecular formula is C12H16N2O8. The lowest BCUT2D eigenvalue weighted by Gasteiger charge is -2.17. The molecule has 1 unspecified atom stereocenters. The van der Waals surface area contributed by atoms with Gasteiger partial charge in [-0.05, 0) is 5.56 Å². The van der Waals surface area contributed by atoms with Gasteiger partial charge >= 0.3 is 5.85 Å². The fourth-order valence-corrected chi connectivity index (χ4v) is 1.60. The van der Waals surface area contributed by atoms with Gasteiger partial charge in [0, 0.05) is 0 Å². The minimum atomic E-state index is -3.01. The Morgan fingerprint density at radius 2 is 1.77 bits per heavy atom. The van der Waals surface area contributed by atoms with Crippen LogP contribution in [-0.4, -0.2) is 52.3 Å². The fraction of sp³-hybridized carbons (Fsp3) is 0.500. The number of aliphatic hydroxyl groups is 2. The summed E-state index contributed by atoms with van der Waals surface area (Å²) in [5, 5.41) is 40.3. The van der Waals surface area contributed by atoms with Gasteiger partial charge in [-0.3, -0.25) is 20.2 Å². The largest absolute Gasteiger partial charge is 0.602 e. The van der Waals surface area contributed by atoms with Gasteiger partial charge in [-0.25, -0.2) is 4.74 Å². The molecule has 1 aromatic rings. The smallest absolute Gasteiger partial charge is 0.394 e. The molecule has 0 spiro atoms. The predicted molar refractivity (Wildman–Crippen MR) is 72.0 cm³/mol. The van der Waals surface area contributed by atoms with Gasteiger partial charge in [0.15, 0.2) is 0 Å². The molecule has 1 rings (SSSR count). The van der Waals surface area contributed by atoms with Crippen LogP contribution in [-0.2, 0) is 9.47 Å². The van der Waals surface area contributed by atoms with Crippen molar-refractivity contribution in [3.63, 3.8) is 0 Å². The van der Waals surface area contributed by atoms with E-state index in [4.69, 9.17) is 9.84 Å². The zero-order valence-electron chi connectivity index (χ0n) is 11.5. The molecule has 10 heteroatoms. The maximum atomic E-state index is 10.9. The summed E-state index contributed by atoms with van der Waals surface area (Å²) in [5.41, 5.74) is 0.506. The first-order valence-electron chi connectivity index (χ1n) is 6.28. The third kappa shape index (κ3) is 4.43. The second kappa shape index (κ2) is 8.34. The number of ether oxygens (including phenoxy) is 2. The lowest BCUT2D eigenvalue weighted by atomic mass is 10.1. The summed E-state index contributed by atoms with van der Waals surface area (Å²) in [6.45, 7) is -2.59. The Labute approximate surface area is 125 Å². The molecule has 122 valence electrons. The predicted octanol–water partition coefficient (Wildman–Crippen LogP) is -0.0473. The van der Waals surface area contributed by atoms with Crippen LogP contribution in [0.4, 0.5) is 0 Å². The van der Waals surface area contributed by atoms with Crippen LogP contribution >= 0.6 is 0 Å². The lowest BCUT2D eigenvalue weighted by molar-refractivity contribution is -0.852. The second-order valence-electron chi connectivity index (χ2n) is 4.27. The van der Waals surface area contributed by atoms with E-state index >= 15 is 0 Å². The van der Waals surface area contributed by atoms with Gasteiger partial charge in [-0.2, -0.15) is 0 Å². The summed E-state index contributed by atoms with van der Waals surface area (Å²) in [6, 6.07) is 8.34. The number of nitro groups is 2. The maximum Gasteiger partial charge on any atom is 0.602 e. The van der Waals surface area contributed by atoms with E-state index in [0.717, 1.165) is 0 Å². The Kier molecular flexibility index (Phi) is 6.79.